The van der Waals surface area contributed by atoms with E-state index in [9.17, 15) is 0 Å². The van der Waals surface area contributed by atoms with Gasteiger partial charge in [-0.2, -0.15) is 0 Å². The molecule has 1 aromatic carbocycles. The molecule has 3 aromatic rings. The molecule has 1 aliphatic carbocycles. The predicted octanol–water partition coefficient (Wildman–Crippen LogP) is 3.47. The lowest BCUT2D eigenvalue weighted by Gasteiger charge is -2.43. The first-order chi connectivity index (χ1) is 14.8. The highest BCUT2D eigenvalue weighted by Gasteiger charge is 2.37. The lowest BCUT2D eigenvalue weighted by molar-refractivity contribution is -0.0465. The standard InChI is InChI=1S/C23H27N5O2/c1-14-11-28(8-9-29-14)19-12-30-20-5-3-2-4-16(20)21(19)27-23-17-10-18(15-6-7-15)26-22(17)24-13-25-23/h2-5,10,13-15,19,21H,6-9,11-12H2,1H3,(H2,24,25,26,27). The van der Waals surface area contributed by atoms with Gasteiger partial charge in [0.25, 0.3) is 0 Å². The van der Waals surface area contributed by atoms with Crippen LogP contribution < -0.4 is 10.1 Å². The van der Waals surface area contributed by atoms with Gasteiger partial charge in [-0.1, -0.05) is 18.2 Å². The van der Waals surface area contributed by atoms with Crippen molar-refractivity contribution in [2.45, 2.75) is 43.9 Å². The van der Waals surface area contributed by atoms with Gasteiger partial charge in [0.05, 0.1) is 30.2 Å². The molecule has 0 amide bonds. The summed E-state index contributed by atoms with van der Waals surface area (Å²) in [7, 11) is 0. The fourth-order valence-corrected chi connectivity index (χ4v) is 4.82. The van der Waals surface area contributed by atoms with Crippen molar-refractivity contribution >= 4 is 16.9 Å². The van der Waals surface area contributed by atoms with Gasteiger partial charge in [0.15, 0.2) is 0 Å². The number of nitrogens with one attached hydrogen (secondary N) is 2. The van der Waals surface area contributed by atoms with E-state index in [1.54, 1.807) is 6.33 Å². The first-order valence-corrected chi connectivity index (χ1v) is 10.9. The monoisotopic (exact) mass is 405 g/mol. The van der Waals surface area contributed by atoms with E-state index in [1.807, 2.05) is 6.07 Å². The second-order valence-electron chi connectivity index (χ2n) is 8.70. The number of aromatic nitrogens is 3. The molecule has 1 saturated heterocycles. The third kappa shape index (κ3) is 3.22. The number of morpholine rings is 1. The molecule has 4 heterocycles. The summed E-state index contributed by atoms with van der Waals surface area (Å²) < 4.78 is 11.9. The maximum atomic E-state index is 6.16. The quantitative estimate of drug-likeness (QED) is 0.692. The summed E-state index contributed by atoms with van der Waals surface area (Å²) in [6.07, 6.45) is 4.39. The van der Waals surface area contributed by atoms with Gasteiger partial charge in [0, 0.05) is 24.3 Å². The van der Waals surface area contributed by atoms with Gasteiger partial charge < -0.3 is 19.8 Å². The summed E-state index contributed by atoms with van der Waals surface area (Å²) in [5.41, 5.74) is 3.36. The molecule has 0 bridgehead atoms. The lowest BCUT2D eigenvalue weighted by Crippen LogP contribution is -2.54. The first-order valence-electron chi connectivity index (χ1n) is 10.9. The van der Waals surface area contributed by atoms with Crippen molar-refractivity contribution in [2.24, 2.45) is 0 Å². The molecule has 6 rings (SSSR count). The van der Waals surface area contributed by atoms with Crippen LogP contribution in [0.2, 0.25) is 0 Å². The SMILES string of the molecule is CC1CN(C2COc3ccccc3C2Nc2ncnc3[nH]c(C4CC4)cc23)CCO1. The molecule has 30 heavy (non-hydrogen) atoms. The molecule has 2 aromatic heterocycles. The number of fused-ring (bicyclic) bond motifs is 2. The van der Waals surface area contributed by atoms with E-state index in [0.717, 1.165) is 42.3 Å². The molecule has 0 radical (unpaired) electrons. The zero-order chi connectivity index (χ0) is 20.1. The van der Waals surface area contributed by atoms with Crippen LogP contribution in [0, 0.1) is 0 Å². The van der Waals surface area contributed by atoms with Gasteiger partial charge in [0.1, 0.15) is 30.1 Å². The summed E-state index contributed by atoms with van der Waals surface area (Å²) in [5, 5.41) is 4.85. The molecule has 7 heteroatoms. The number of ether oxygens (including phenoxy) is 2. The van der Waals surface area contributed by atoms with Crippen LogP contribution in [-0.4, -0.2) is 58.3 Å². The third-order valence-corrected chi connectivity index (χ3v) is 6.55. The smallest absolute Gasteiger partial charge is 0.143 e. The summed E-state index contributed by atoms with van der Waals surface area (Å²) in [6, 6.07) is 10.8. The van der Waals surface area contributed by atoms with E-state index in [2.05, 4.69) is 56.4 Å². The molecule has 3 atom stereocenters. The van der Waals surface area contributed by atoms with Crippen molar-refractivity contribution in [3.8, 4) is 5.75 Å². The van der Waals surface area contributed by atoms with Gasteiger partial charge in [-0.05, 0) is 37.8 Å². The highest BCUT2D eigenvalue weighted by atomic mass is 16.5. The molecule has 3 unspecified atom stereocenters. The van der Waals surface area contributed by atoms with Crippen molar-refractivity contribution < 1.29 is 9.47 Å². The second-order valence-corrected chi connectivity index (χ2v) is 8.70. The maximum absolute atomic E-state index is 6.16. The van der Waals surface area contributed by atoms with Gasteiger partial charge in [-0.3, -0.25) is 4.90 Å². The Kier molecular flexibility index (Phi) is 4.39. The molecule has 156 valence electrons. The molecule has 2 fully saturated rings. The average molecular weight is 406 g/mol. The zero-order valence-corrected chi connectivity index (χ0v) is 17.2. The molecule has 3 aliphatic rings. The lowest BCUT2D eigenvalue weighted by atomic mass is 9.94. The molecular formula is C23H27N5O2. The van der Waals surface area contributed by atoms with E-state index in [4.69, 9.17) is 9.47 Å². The molecule has 0 spiro atoms. The first kappa shape index (κ1) is 18.2. The predicted molar refractivity (Wildman–Crippen MR) is 115 cm³/mol. The number of anilines is 1. The Bertz CT molecular complexity index is 1060. The normalized spacial score (nSPS) is 26.9. The fourth-order valence-electron chi connectivity index (χ4n) is 4.82. The third-order valence-electron chi connectivity index (χ3n) is 6.55. The van der Waals surface area contributed by atoms with E-state index in [-0.39, 0.29) is 18.2 Å². The molecule has 1 saturated carbocycles. The van der Waals surface area contributed by atoms with Crippen LogP contribution >= 0.6 is 0 Å². The minimum absolute atomic E-state index is 0.0811. The van der Waals surface area contributed by atoms with Crippen LogP contribution in [0.25, 0.3) is 11.0 Å². The Balaban J connectivity index is 1.38. The van der Waals surface area contributed by atoms with Gasteiger partial charge in [0.2, 0.25) is 0 Å². The van der Waals surface area contributed by atoms with Gasteiger partial charge in [-0.15, -0.1) is 0 Å². The minimum atomic E-state index is 0.0811. The van der Waals surface area contributed by atoms with E-state index in [1.165, 1.54) is 24.1 Å². The average Bonchev–Trinajstić information content (AvgIpc) is 3.53. The summed E-state index contributed by atoms with van der Waals surface area (Å²) >= 11 is 0. The molecule has 2 aliphatic heterocycles. The minimum Gasteiger partial charge on any atom is -0.491 e. The summed E-state index contributed by atoms with van der Waals surface area (Å²) in [4.78, 5) is 15.1. The number of rotatable bonds is 4. The summed E-state index contributed by atoms with van der Waals surface area (Å²) in [6.45, 7) is 5.36. The number of para-hydroxylation sites is 1. The van der Waals surface area contributed by atoms with E-state index in [0.29, 0.717) is 12.5 Å². The van der Waals surface area contributed by atoms with Crippen molar-refractivity contribution in [1.29, 1.82) is 0 Å². The van der Waals surface area contributed by atoms with Crippen LogP contribution in [0.4, 0.5) is 5.82 Å². The van der Waals surface area contributed by atoms with E-state index < -0.39 is 0 Å². The number of hydrogen-bond acceptors (Lipinski definition) is 6. The van der Waals surface area contributed by atoms with Crippen molar-refractivity contribution in [2.75, 3.05) is 31.6 Å². The van der Waals surface area contributed by atoms with Crippen LogP contribution in [0.5, 0.6) is 5.75 Å². The largest absolute Gasteiger partial charge is 0.491 e. The Morgan fingerprint density at radius 3 is 2.97 bits per heavy atom. The number of hydrogen-bond donors (Lipinski definition) is 2. The fraction of sp³-hybridized carbons (Fsp3) is 0.478. The van der Waals surface area contributed by atoms with Gasteiger partial charge in [-0.25, -0.2) is 9.97 Å². The highest BCUT2D eigenvalue weighted by Crippen LogP contribution is 2.42. The highest BCUT2D eigenvalue weighted by molar-refractivity contribution is 5.88. The van der Waals surface area contributed by atoms with Crippen LogP contribution in [0.1, 0.15) is 43.0 Å². The Hall–Kier alpha value is -2.64. The van der Waals surface area contributed by atoms with E-state index >= 15 is 0 Å². The van der Waals surface area contributed by atoms with Gasteiger partial charge >= 0.3 is 0 Å². The Morgan fingerprint density at radius 2 is 2.10 bits per heavy atom. The van der Waals surface area contributed by atoms with Crippen molar-refractivity contribution in [1.82, 2.24) is 19.9 Å². The zero-order valence-electron chi connectivity index (χ0n) is 17.2. The molecule has 7 nitrogen and oxygen atoms in total. The molecule has 2 N–H and O–H groups in total. The maximum Gasteiger partial charge on any atom is 0.143 e. The second kappa shape index (κ2) is 7.25. The summed E-state index contributed by atoms with van der Waals surface area (Å²) in [5.74, 6) is 2.49. The Morgan fingerprint density at radius 1 is 1.20 bits per heavy atom. The number of aromatic amines is 1. The Labute approximate surface area is 175 Å². The topological polar surface area (TPSA) is 75.3 Å². The van der Waals surface area contributed by atoms with Crippen LogP contribution in [-0.2, 0) is 4.74 Å². The number of H-pyrrole nitrogens is 1. The number of benzene rings is 1. The van der Waals surface area contributed by atoms with Crippen molar-refractivity contribution in [3.05, 3.63) is 47.9 Å². The van der Waals surface area contributed by atoms with Crippen LogP contribution in [0.3, 0.4) is 0 Å². The number of nitrogens with zero attached hydrogens (tertiary/aromatic N) is 3. The van der Waals surface area contributed by atoms with Crippen molar-refractivity contribution in [3.63, 3.8) is 0 Å². The molecular weight excluding hydrogens is 378 g/mol. The van der Waals surface area contributed by atoms with Crippen LogP contribution in [0.15, 0.2) is 36.7 Å².